The third-order valence-corrected chi connectivity index (χ3v) is 7.37. The van der Waals surface area contributed by atoms with Gasteiger partial charge in [0.25, 0.3) is 0 Å². The number of benzene rings is 1. The summed E-state index contributed by atoms with van der Waals surface area (Å²) in [6.45, 7) is 11.1. The van der Waals surface area contributed by atoms with Gasteiger partial charge in [-0.25, -0.2) is 9.59 Å². The van der Waals surface area contributed by atoms with Gasteiger partial charge in [-0.05, 0) is 78.8 Å². The number of aliphatic hydroxyl groups is 1. The molecule has 0 aliphatic heterocycles. The van der Waals surface area contributed by atoms with Crippen molar-refractivity contribution in [1.82, 2.24) is 0 Å². The highest BCUT2D eigenvalue weighted by Gasteiger charge is 2.22. The fourth-order valence-corrected chi connectivity index (χ4v) is 4.90. The first-order valence-electron chi connectivity index (χ1n) is 15.4. The van der Waals surface area contributed by atoms with E-state index in [1.807, 2.05) is 31.2 Å². The normalized spacial score (nSPS) is 16.5. The Morgan fingerprint density at radius 1 is 0.909 bits per heavy atom. The summed E-state index contributed by atoms with van der Waals surface area (Å²) in [6, 6.07) is 6.60. The Labute approximate surface area is 260 Å². The van der Waals surface area contributed by atoms with E-state index in [1.165, 1.54) is 11.1 Å². The lowest BCUT2D eigenvalue weighted by molar-refractivity contribution is -0.167. The molecule has 0 aromatic heterocycles. The van der Waals surface area contributed by atoms with Crippen LogP contribution in [0.5, 0.6) is 5.75 Å². The minimum absolute atomic E-state index is 0.141. The molecule has 2 aliphatic carbocycles. The second-order valence-electron chi connectivity index (χ2n) is 10.9. The van der Waals surface area contributed by atoms with Gasteiger partial charge in [0, 0.05) is 31.8 Å². The third kappa shape index (κ3) is 10.8. The summed E-state index contributed by atoms with van der Waals surface area (Å²) in [5.74, 6) is 0.943. The van der Waals surface area contributed by atoms with E-state index >= 15 is 0 Å². The van der Waals surface area contributed by atoms with E-state index in [2.05, 4.69) is 20.1 Å². The molecule has 1 N–H and O–H groups in total. The smallest absolute Gasteiger partial charge is 0.343 e. The Balaban J connectivity index is 1.56. The lowest BCUT2D eigenvalue weighted by atomic mass is 9.90. The Hall–Kier alpha value is -4.17. The van der Waals surface area contributed by atoms with Gasteiger partial charge in [-0.1, -0.05) is 52.0 Å². The van der Waals surface area contributed by atoms with Crippen molar-refractivity contribution >= 4 is 18.2 Å². The molecule has 8 nitrogen and oxygen atoms in total. The lowest BCUT2D eigenvalue weighted by Crippen LogP contribution is -2.32. The number of hydrogen-bond acceptors (Lipinski definition) is 8. The molecule has 3 atom stereocenters. The summed E-state index contributed by atoms with van der Waals surface area (Å²) in [5, 5.41) is 10.5. The molecule has 3 rings (SSSR count). The van der Waals surface area contributed by atoms with Crippen LogP contribution in [0.15, 0.2) is 96.0 Å². The van der Waals surface area contributed by atoms with E-state index < -0.39 is 30.4 Å². The number of ether oxygens (including phenoxy) is 4. The van der Waals surface area contributed by atoms with E-state index in [-0.39, 0.29) is 6.42 Å². The second kappa shape index (κ2) is 17.8. The zero-order chi connectivity index (χ0) is 31.9. The van der Waals surface area contributed by atoms with Crippen molar-refractivity contribution in [3.8, 4) is 5.75 Å². The number of aliphatic hydroxyl groups excluding tert-OH is 1. The second-order valence-corrected chi connectivity index (χ2v) is 10.9. The molecule has 0 heterocycles. The van der Waals surface area contributed by atoms with Crippen LogP contribution in [0.1, 0.15) is 88.4 Å². The van der Waals surface area contributed by atoms with Gasteiger partial charge in [0.15, 0.2) is 0 Å². The number of unbranched alkanes of at least 4 members (excludes halogenated alkanes) is 1. The number of carbonyl (C=O) groups excluding carboxylic acids is 3. The highest BCUT2D eigenvalue weighted by molar-refractivity contribution is 5.90. The van der Waals surface area contributed by atoms with Gasteiger partial charge in [0.1, 0.15) is 29.7 Å². The first-order chi connectivity index (χ1) is 21.3. The maximum Gasteiger partial charge on any atom is 0.343 e. The van der Waals surface area contributed by atoms with Crippen molar-refractivity contribution in [3.63, 3.8) is 0 Å². The van der Waals surface area contributed by atoms with Crippen LogP contribution in [0.25, 0.3) is 0 Å². The largest absolute Gasteiger partial charge is 0.488 e. The predicted molar refractivity (Wildman–Crippen MR) is 168 cm³/mol. The van der Waals surface area contributed by atoms with Crippen LogP contribution >= 0.6 is 0 Å². The van der Waals surface area contributed by atoms with Crippen molar-refractivity contribution in [2.45, 2.75) is 96.6 Å². The van der Waals surface area contributed by atoms with E-state index in [1.54, 1.807) is 24.3 Å². The molecule has 8 heteroatoms. The van der Waals surface area contributed by atoms with Gasteiger partial charge in [0.05, 0.1) is 11.7 Å². The molecule has 0 radical (unpaired) electrons. The van der Waals surface area contributed by atoms with Crippen molar-refractivity contribution in [2.24, 2.45) is 0 Å². The average Bonchev–Trinajstić information content (AvgIpc) is 3.04. The van der Waals surface area contributed by atoms with Crippen LogP contribution < -0.4 is 4.74 Å². The number of rotatable bonds is 18. The molecule has 0 spiro atoms. The molecular formula is C36H44O8. The summed E-state index contributed by atoms with van der Waals surface area (Å²) in [4.78, 5) is 35.3. The number of hydrogen-bond donors (Lipinski definition) is 1. The Kier molecular flexibility index (Phi) is 13.9. The average molecular weight is 605 g/mol. The van der Waals surface area contributed by atoms with Gasteiger partial charge in [0.2, 0.25) is 6.29 Å². The maximum absolute atomic E-state index is 12.8. The minimum atomic E-state index is -0.860. The zero-order valence-electron chi connectivity index (χ0n) is 25.8. The lowest BCUT2D eigenvalue weighted by Gasteiger charge is -2.24. The van der Waals surface area contributed by atoms with Gasteiger partial charge in [-0.15, -0.1) is 0 Å². The molecule has 0 amide bonds. The first kappa shape index (κ1) is 34.3. The summed E-state index contributed by atoms with van der Waals surface area (Å²) >= 11 is 0. The van der Waals surface area contributed by atoms with Gasteiger partial charge in [-0.3, -0.25) is 4.79 Å². The maximum atomic E-state index is 12.8. The molecule has 236 valence electrons. The van der Waals surface area contributed by atoms with E-state index in [9.17, 15) is 19.5 Å². The molecular weight excluding hydrogens is 560 g/mol. The molecule has 2 aliphatic rings. The van der Waals surface area contributed by atoms with E-state index in [0.29, 0.717) is 54.6 Å². The van der Waals surface area contributed by atoms with Crippen LogP contribution in [0, 0.1) is 0 Å². The van der Waals surface area contributed by atoms with Gasteiger partial charge in [-0.2, -0.15) is 0 Å². The fourth-order valence-electron chi connectivity index (χ4n) is 4.90. The molecule has 44 heavy (non-hydrogen) atoms. The monoisotopic (exact) mass is 604 g/mol. The molecule has 1 aromatic carbocycles. The molecule has 0 fully saturated rings. The summed E-state index contributed by atoms with van der Waals surface area (Å²) in [7, 11) is 0. The van der Waals surface area contributed by atoms with Crippen LogP contribution in [0.3, 0.4) is 0 Å². The predicted octanol–water partition coefficient (Wildman–Crippen LogP) is 7.37. The van der Waals surface area contributed by atoms with Crippen LogP contribution in [-0.2, 0) is 23.8 Å². The van der Waals surface area contributed by atoms with E-state index in [0.717, 1.165) is 43.9 Å². The van der Waals surface area contributed by atoms with Crippen LogP contribution in [-0.4, -0.2) is 41.8 Å². The number of allylic oxidation sites excluding steroid dienone is 8. The molecule has 3 unspecified atom stereocenters. The number of aldehydes is 1. The summed E-state index contributed by atoms with van der Waals surface area (Å²) in [5.41, 5.74) is 3.08. The number of esters is 2. The first-order valence-corrected chi connectivity index (χ1v) is 15.4. The quantitative estimate of drug-likeness (QED) is 0.0801. The Bertz CT molecular complexity index is 1300. The zero-order valence-corrected chi connectivity index (χ0v) is 25.8. The molecule has 0 bridgehead atoms. The topological polar surface area (TPSA) is 108 Å². The molecule has 1 aromatic rings. The van der Waals surface area contributed by atoms with Crippen molar-refractivity contribution in [2.75, 3.05) is 0 Å². The SMILES string of the molecule is C=CC(=O)OC(CCCC)OC1=CC=C(C2=CC=C(OC(=O)c3ccc(OC(CCC)C(O)CC(=C)C=O)cc3)CC2)CC1. The van der Waals surface area contributed by atoms with Crippen LogP contribution in [0.2, 0.25) is 0 Å². The third-order valence-electron chi connectivity index (χ3n) is 7.37. The fraction of sp³-hybridized carbons (Fsp3) is 0.417. The van der Waals surface area contributed by atoms with E-state index in [4.69, 9.17) is 18.9 Å². The Morgan fingerprint density at radius 3 is 2.11 bits per heavy atom. The summed E-state index contributed by atoms with van der Waals surface area (Å²) in [6.07, 6.45) is 14.5. The minimum Gasteiger partial charge on any atom is -0.488 e. The summed E-state index contributed by atoms with van der Waals surface area (Å²) < 4.78 is 22.9. The highest BCUT2D eigenvalue weighted by Crippen LogP contribution is 2.32. The molecule has 0 saturated heterocycles. The van der Waals surface area contributed by atoms with Crippen LogP contribution in [0.4, 0.5) is 0 Å². The molecule has 0 saturated carbocycles. The standard InChI is InChI=1S/C36H44O8/c1-5-8-10-35(44-34(39)7-3)42-30-17-11-26(12-18-30)27-13-19-31(20-14-27)43-36(40)28-15-21-29(22-16-28)41-33(9-6-2)32(38)23-25(4)24-37/h7,11,13,15-17,19,21-22,24,32-33,35,38H,3-6,8-10,12,14,18,20,23H2,1-2H3. The van der Waals surface area contributed by atoms with Crippen molar-refractivity contribution in [3.05, 3.63) is 102 Å². The van der Waals surface area contributed by atoms with Gasteiger partial charge < -0.3 is 24.1 Å². The highest BCUT2D eigenvalue weighted by atomic mass is 16.7. The van der Waals surface area contributed by atoms with Crippen molar-refractivity contribution in [1.29, 1.82) is 0 Å². The van der Waals surface area contributed by atoms with Gasteiger partial charge >= 0.3 is 11.9 Å². The Morgan fingerprint density at radius 2 is 1.57 bits per heavy atom. The number of carbonyl (C=O) groups is 3. The van der Waals surface area contributed by atoms with Crippen molar-refractivity contribution < 1.29 is 38.4 Å².